The van der Waals surface area contributed by atoms with Gasteiger partial charge in [-0.3, -0.25) is 0 Å². The van der Waals surface area contributed by atoms with Crippen LogP contribution in [0.5, 0.6) is 0 Å². The lowest BCUT2D eigenvalue weighted by Gasteiger charge is -2.43. The Bertz CT molecular complexity index is 862. The molecule has 2 aliphatic rings. The minimum absolute atomic E-state index is 0.0469. The van der Waals surface area contributed by atoms with E-state index in [1.807, 2.05) is 30.3 Å². The first-order valence-corrected chi connectivity index (χ1v) is 8.57. The molecule has 0 bridgehead atoms. The molecule has 5 heteroatoms. The van der Waals surface area contributed by atoms with Gasteiger partial charge in [0.2, 0.25) is 0 Å². The van der Waals surface area contributed by atoms with Crippen LogP contribution in [-0.2, 0) is 0 Å². The average molecular weight is 379 g/mol. The Balaban J connectivity index is 2.34. The van der Waals surface area contributed by atoms with E-state index in [1.54, 1.807) is 0 Å². The Morgan fingerprint density at radius 1 is 1.21 bits per heavy atom. The van der Waals surface area contributed by atoms with E-state index in [-0.39, 0.29) is 17.5 Å². The SMILES string of the molecule is N#CC1=C(N)C(C#N)(C#N)[C@@H](c2cccc(Br)c2)[C@H]2CCCC=C12. The van der Waals surface area contributed by atoms with E-state index in [9.17, 15) is 15.8 Å². The van der Waals surface area contributed by atoms with Gasteiger partial charge in [0.05, 0.1) is 23.4 Å². The Kier molecular flexibility index (Phi) is 4.18. The first-order chi connectivity index (χ1) is 11.6. The monoisotopic (exact) mass is 378 g/mol. The molecule has 0 saturated carbocycles. The van der Waals surface area contributed by atoms with Gasteiger partial charge >= 0.3 is 0 Å². The molecule has 0 aromatic heterocycles. The van der Waals surface area contributed by atoms with Crippen LogP contribution in [0.4, 0.5) is 0 Å². The number of hydrogen-bond acceptors (Lipinski definition) is 4. The molecule has 2 aliphatic carbocycles. The molecule has 4 nitrogen and oxygen atoms in total. The van der Waals surface area contributed by atoms with Gasteiger partial charge in [-0.15, -0.1) is 0 Å². The molecule has 2 atom stereocenters. The standard InChI is InChI=1S/C19H15BrN4/c20-13-5-3-4-12(8-13)17-15-7-2-1-6-14(15)16(9-21)18(24)19(17,10-22)11-23/h3-6,8,15,17H,1-2,7,24H2/t15-,17-/m0/s1. The summed E-state index contributed by atoms with van der Waals surface area (Å²) in [5.41, 5.74) is 6.89. The van der Waals surface area contributed by atoms with Gasteiger partial charge in [0.25, 0.3) is 0 Å². The van der Waals surface area contributed by atoms with E-state index in [0.29, 0.717) is 5.57 Å². The second kappa shape index (κ2) is 6.16. The van der Waals surface area contributed by atoms with Gasteiger partial charge in [-0.05, 0) is 48.4 Å². The topological polar surface area (TPSA) is 97.4 Å². The highest BCUT2D eigenvalue weighted by atomic mass is 79.9. The Hall–Kier alpha value is -2.55. The Morgan fingerprint density at radius 2 is 1.96 bits per heavy atom. The maximum absolute atomic E-state index is 9.89. The second-order valence-corrected chi connectivity index (χ2v) is 7.08. The third kappa shape index (κ3) is 2.23. The van der Waals surface area contributed by atoms with Gasteiger partial charge in [0, 0.05) is 10.4 Å². The van der Waals surface area contributed by atoms with Crippen molar-refractivity contribution in [2.24, 2.45) is 17.1 Å². The van der Waals surface area contributed by atoms with Crippen molar-refractivity contribution in [3.05, 3.63) is 57.2 Å². The summed E-state index contributed by atoms with van der Waals surface area (Å²) in [5, 5.41) is 29.3. The van der Waals surface area contributed by atoms with Gasteiger partial charge in [-0.2, -0.15) is 15.8 Å². The number of nitrogens with zero attached hydrogens (tertiary/aromatic N) is 3. The van der Waals surface area contributed by atoms with Crippen molar-refractivity contribution in [3.63, 3.8) is 0 Å². The number of allylic oxidation sites excluding steroid dienone is 4. The number of hydrogen-bond donors (Lipinski definition) is 1. The first kappa shape index (κ1) is 16.3. The first-order valence-electron chi connectivity index (χ1n) is 7.77. The third-order valence-electron chi connectivity index (χ3n) is 5.01. The van der Waals surface area contributed by atoms with Crippen LogP contribution in [0.2, 0.25) is 0 Å². The molecule has 0 amide bonds. The summed E-state index contributed by atoms with van der Waals surface area (Å²) in [6.45, 7) is 0. The molecule has 0 spiro atoms. The van der Waals surface area contributed by atoms with Crippen LogP contribution in [0.3, 0.4) is 0 Å². The summed E-state index contributed by atoms with van der Waals surface area (Å²) in [7, 11) is 0. The summed E-state index contributed by atoms with van der Waals surface area (Å²) in [4.78, 5) is 0. The molecule has 1 aromatic carbocycles. The number of nitrogens with two attached hydrogens (primary N) is 1. The fourth-order valence-corrected chi connectivity index (χ4v) is 4.37. The van der Waals surface area contributed by atoms with Gasteiger partial charge in [0.1, 0.15) is 6.07 Å². The van der Waals surface area contributed by atoms with Crippen molar-refractivity contribution in [2.45, 2.75) is 25.2 Å². The number of fused-ring (bicyclic) bond motifs is 1. The fraction of sp³-hybridized carbons (Fsp3) is 0.316. The van der Waals surface area contributed by atoms with Crippen molar-refractivity contribution in [2.75, 3.05) is 0 Å². The summed E-state index contributed by atoms with van der Waals surface area (Å²) in [6.07, 6.45) is 4.75. The van der Waals surface area contributed by atoms with E-state index >= 15 is 0 Å². The van der Waals surface area contributed by atoms with Crippen LogP contribution in [0.25, 0.3) is 0 Å². The van der Waals surface area contributed by atoms with Crippen molar-refractivity contribution in [1.82, 2.24) is 0 Å². The fourth-order valence-electron chi connectivity index (χ4n) is 3.95. The summed E-state index contributed by atoms with van der Waals surface area (Å²) >= 11 is 3.46. The second-order valence-electron chi connectivity index (χ2n) is 6.16. The molecule has 0 fully saturated rings. The number of nitriles is 3. The lowest BCUT2D eigenvalue weighted by Crippen LogP contribution is -2.42. The van der Waals surface area contributed by atoms with Crippen LogP contribution >= 0.6 is 15.9 Å². The van der Waals surface area contributed by atoms with Crippen LogP contribution in [0.15, 0.2) is 51.7 Å². The molecule has 118 valence electrons. The zero-order valence-electron chi connectivity index (χ0n) is 13.0. The summed E-state index contributed by atoms with van der Waals surface area (Å²) in [5.74, 6) is -0.428. The predicted molar refractivity (Wildman–Crippen MR) is 92.8 cm³/mol. The van der Waals surface area contributed by atoms with Crippen molar-refractivity contribution in [1.29, 1.82) is 15.8 Å². The largest absolute Gasteiger partial charge is 0.399 e. The van der Waals surface area contributed by atoms with Crippen LogP contribution in [0, 0.1) is 45.3 Å². The quantitative estimate of drug-likeness (QED) is 0.796. The smallest absolute Gasteiger partial charge is 0.191 e. The van der Waals surface area contributed by atoms with Crippen molar-refractivity contribution in [3.8, 4) is 18.2 Å². The lowest BCUT2D eigenvalue weighted by atomic mass is 9.57. The van der Waals surface area contributed by atoms with Gasteiger partial charge < -0.3 is 5.73 Å². The van der Waals surface area contributed by atoms with E-state index in [1.165, 1.54) is 0 Å². The van der Waals surface area contributed by atoms with Crippen molar-refractivity contribution < 1.29 is 0 Å². The van der Waals surface area contributed by atoms with Gasteiger partial charge in [-0.1, -0.05) is 34.1 Å². The summed E-state index contributed by atoms with van der Waals surface area (Å²) < 4.78 is 0.889. The molecular formula is C19H15BrN4. The Morgan fingerprint density at radius 3 is 2.58 bits per heavy atom. The normalized spacial score (nSPS) is 24.8. The minimum atomic E-state index is -1.52. The number of rotatable bonds is 1. The van der Waals surface area contributed by atoms with E-state index in [4.69, 9.17) is 5.73 Å². The van der Waals surface area contributed by atoms with Gasteiger partial charge in [0.15, 0.2) is 5.41 Å². The van der Waals surface area contributed by atoms with Crippen molar-refractivity contribution >= 4 is 15.9 Å². The lowest BCUT2D eigenvalue weighted by molar-refractivity contribution is 0.317. The summed E-state index contributed by atoms with van der Waals surface area (Å²) in [6, 6.07) is 14.1. The van der Waals surface area contributed by atoms with Crippen LogP contribution < -0.4 is 5.73 Å². The molecular weight excluding hydrogens is 364 g/mol. The minimum Gasteiger partial charge on any atom is -0.399 e. The molecule has 24 heavy (non-hydrogen) atoms. The zero-order valence-corrected chi connectivity index (χ0v) is 14.5. The molecule has 0 saturated heterocycles. The predicted octanol–water partition coefficient (Wildman–Crippen LogP) is 4.04. The number of halogens is 1. The highest BCUT2D eigenvalue weighted by Crippen LogP contribution is 2.55. The van der Waals surface area contributed by atoms with Gasteiger partial charge in [-0.25, -0.2) is 0 Å². The maximum Gasteiger partial charge on any atom is 0.191 e. The van der Waals surface area contributed by atoms with E-state index in [2.05, 4.69) is 34.1 Å². The third-order valence-corrected chi connectivity index (χ3v) is 5.50. The maximum atomic E-state index is 9.89. The zero-order chi connectivity index (χ0) is 17.3. The number of benzene rings is 1. The van der Waals surface area contributed by atoms with Crippen LogP contribution in [-0.4, -0.2) is 0 Å². The van der Waals surface area contributed by atoms with E-state index < -0.39 is 5.41 Å². The van der Waals surface area contributed by atoms with Crippen LogP contribution in [0.1, 0.15) is 30.7 Å². The average Bonchev–Trinajstić information content (AvgIpc) is 2.61. The molecule has 3 rings (SSSR count). The highest BCUT2D eigenvalue weighted by molar-refractivity contribution is 9.10. The molecule has 0 radical (unpaired) electrons. The highest BCUT2D eigenvalue weighted by Gasteiger charge is 2.53. The molecule has 0 heterocycles. The van der Waals surface area contributed by atoms with E-state index in [0.717, 1.165) is 34.9 Å². The molecule has 0 aliphatic heterocycles. The Labute approximate surface area is 149 Å². The molecule has 2 N–H and O–H groups in total. The molecule has 0 unspecified atom stereocenters. The molecule has 1 aromatic rings.